The van der Waals surface area contributed by atoms with Gasteiger partial charge in [-0.2, -0.15) is 5.10 Å². The van der Waals surface area contributed by atoms with Gasteiger partial charge in [0.15, 0.2) is 5.84 Å². The first-order valence-electron chi connectivity index (χ1n) is 6.30. The summed E-state index contributed by atoms with van der Waals surface area (Å²) in [5.41, 5.74) is 2.17. The molecular formula is C14H13N5OS. The first-order valence-corrected chi connectivity index (χ1v) is 7.18. The number of amidine groups is 1. The van der Waals surface area contributed by atoms with E-state index in [1.807, 2.05) is 24.4 Å². The fourth-order valence-corrected chi connectivity index (χ4v) is 2.81. The fourth-order valence-electron chi connectivity index (χ4n) is 1.95. The lowest BCUT2D eigenvalue weighted by atomic mass is 10.2. The Labute approximate surface area is 125 Å². The summed E-state index contributed by atoms with van der Waals surface area (Å²) in [6.07, 6.45) is 4.98. The quantitative estimate of drug-likeness (QED) is 0.852. The van der Waals surface area contributed by atoms with Crippen LogP contribution in [0.1, 0.15) is 16.3 Å². The summed E-state index contributed by atoms with van der Waals surface area (Å²) in [4.78, 5) is 8.32. The maximum atomic E-state index is 10.1. The molecule has 0 saturated carbocycles. The fraction of sp³-hybridized carbons (Fsp3) is 0.143. The van der Waals surface area contributed by atoms with Crippen LogP contribution in [0.15, 0.2) is 40.8 Å². The summed E-state index contributed by atoms with van der Waals surface area (Å²) >= 11 is 1.41. The van der Waals surface area contributed by atoms with Crippen molar-refractivity contribution >= 4 is 29.0 Å². The molecule has 1 aliphatic heterocycles. The third-order valence-electron chi connectivity index (χ3n) is 2.95. The molecule has 2 N–H and O–H groups in total. The van der Waals surface area contributed by atoms with Crippen LogP contribution in [0, 0.1) is 12.3 Å². The van der Waals surface area contributed by atoms with E-state index < -0.39 is 0 Å². The second-order valence-corrected chi connectivity index (χ2v) is 5.41. The predicted octanol–water partition coefficient (Wildman–Crippen LogP) is 2.44. The third kappa shape index (κ3) is 2.68. The Morgan fingerprint density at radius 1 is 1.52 bits per heavy atom. The van der Waals surface area contributed by atoms with E-state index in [4.69, 9.17) is 5.41 Å². The van der Waals surface area contributed by atoms with Crippen LogP contribution in [-0.2, 0) is 0 Å². The molecule has 0 amide bonds. The van der Waals surface area contributed by atoms with E-state index in [0.29, 0.717) is 10.6 Å². The highest BCUT2D eigenvalue weighted by atomic mass is 32.1. The van der Waals surface area contributed by atoms with Gasteiger partial charge in [-0.15, -0.1) is 11.3 Å². The molecule has 0 aliphatic carbocycles. The molecule has 0 spiro atoms. The van der Waals surface area contributed by atoms with Gasteiger partial charge in [0.2, 0.25) is 0 Å². The summed E-state index contributed by atoms with van der Waals surface area (Å²) in [6.45, 7) is 2.07. The van der Waals surface area contributed by atoms with Crippen LogP contribution in [0.5, 0.6) is 0 Å². The van der Waals surface area contributed by atoms with E-state index in [0.717, 1.165) is 11.3 Å². The molecule has 0 radical (unpaired) electrons. The average molecular weight is 299 g/mol. The number of hydrogen-bond donors (Lipinski definition) is 2. The van der Waals surface area contributed by atoms with Gasteiger partial charge in [0.05, 0.1) is 11.8 Å². The molecule has 21 heavy (non-hydrogen) atoms. The van der Waals surface area contributed by atoms with Gasteiger partial charge < -0.3 is 5.11 Å². The van der Waals surface area contributed by atoms with Crippen molar-refractivity contribution in [3.05, 3.63) is 51.9 Å². The normalized spacial score (nSPS) is 15.5. The standard InChI is InChI=1S/C14H13N5OS/c1-9-8-21-14(18-9)12-11(20)7-19(13(12)15)17-6-10-3-2-4-16-5-10/h2-6,8,15,20H,7H2,1H3/b15-13?,17-6+. The van der Waals surface area contributed by atoms with Gasteiger partial charge in [-0.25, -0.2) is 9.99 Å². The van der Waals surface area contributed by atoms with Gasteiger partial charge in [0, 0.05) is 29.0 Å². The lowest BCUT2D eigenvalue weighted by molar-refractivity contribution is 0.358. The van der Waals surface area contributed by atoms with Gasteiger partial charge in [0.1, 0.15) is 17.3 Å². The van der Waals surface area contributed by atoms with Crippen LogP contribution in [0.3, 0.4) is 0 Å². The minimum atomic E-state index is 0.123. The summed E-state index contributed by atoms with van der Waals surface area (Å²) in [5.74, 6) is 0.277. The maximum Gasteiger partial charge on any atom is 0.155 e. The largest absolute Gasteiger partial charge is 0.509 e. The van der Waals surface area contributed by atoms with Crippen LogP contribution in [0.25, 0.3) is 5.57 Å². The van der Waals surface area contributed by atoms with Crippen molar-refractivity contribution in [2.24, 2.45) is 5.10 Å². The van der Waals surface area contributed by atoms with E-state index in [2.05, 4.69) is 15.1 Å². The number of aliphatic hydroxyl groups excluding tert-OH is 1. The molecule has 0 saturated heterocycles. The molecule has 0 atom stereocenters. The molecule has 3 rings (SSSR count). The van der Waals surface area contributed by atoms with Crippen LogP contribution >= 0.6 is 11.3 Å². The average Bonchev–Trinajstić information content (AvgIpc) is 3.01. The number of aryl methyl sites for hydroxylation is 1. The van der Waals surface area contributed by atoms with Crippen LogP contribution in [0.4, 0.5) is 0 Å². The topological polar surface area (TPSA) is 85.5 Å². The maximum absolute atomic E-state index is 10.1. The lowest BCUT2D eigenvalue weighted by Gasteiger charge is -2.10. The number of aliphatic hydroxyl groups is 1. The van der Waals surface area contributed by atoms with Crippen molar-refractivity contribution in [3.8, 4) is 0 Å². The first kappa shape index (κ1) is 13.4. The minimum absolute atomic E-state index is 0.123. The molecule has 0 unspecified atom stereocenters. The van der Waals surface area contributed by atoms with Crippen molar-refractivity contribution in [1.29, 1.82) is 5.41 Å². The number of pyridine rings is 1. The summed E-state index contributed by atoms with van der Waals surface area (Å²) < 4.78 is 0. The summed E-state index contributed by atoms with van der Waals surface area (Å²) in [5, 5.41) is 26.4. The number of thiazole rings is 1. The van der Waals surface area contributed by atoms with Gasteiger partial charge in [-0.05, 0) is 13.0 Å². The number of nitrogens with one attached hydrogen (secondary N) is 1. The molecule has 0 bridgehead atoms. The Balaban J connectivity index is 1.80. The van der Waals surface area contributed by atoms with Crippen LogP contribution in [0.2, 0.25) is 0 Å². The van der Waals surface area contributed by atoms with Crippen molar-refractivity contribution < 1.29 is 5.11 Å². The molecule has 0 aromatic carbocycles. The zero-order valence-corrected chi connectivity index (χ0v) is 12.1. The summed E-state index contributed by atoms with van der Waals surface area (Å²) in [7, 11) is 0. The molecule has 6 nitrogen and oxygen atoms in total. The number of hydrogen-bond acceptors (Lipinski definition) is 6. The smallest absolute Gasteiger partial charge is 0.155 e. The van der Waals surface area contributed by atoms with E-state index in [1.165, 1.54) is 16.3 Å². The minimum Gasteiger partial charge on any atom is -0.509 e. The zero-order valence-electron chi connectivity index (χ0n) is 11.3. The number of rotatable bonds is 3. The van der Waals surface area contributed by atoms with Gasteiger partial charge in [0.25, 0.3) is 0 Å². The van der Waals surface area contributed by atoms with Gasteiger partial charge in [-0.1, -0.05) is 6.07 Å². The molecule has 7 heteroatoms. The molecule has 106 valence electrons. The molecular weight excluding hydrogens is 286 g/mol. The number of hydrazone groups is 1. The van der Waals surface area contributed by atoms with Crippen LogP contribution in [-0.4, -0.2) is 38.7 Å². The Morgan fingerprint density at radius 3 is 3.05 bits per heavy atom. The van der Waals surface area contributed by atoms with Crippen LogP contribution < -0.4 is 0 Å². The van der Waals surface area contributed by atoms with Crippen molar-refractivity contribution in [3.63, 3.8) is 0 Å². The first-order chi connectivity index (χ1) is 10.1. The van der Waals surface area contributed by atoms with Gasteiger partial charge in [-0.3, -0.25) is 10.4 Å². The number of aromatic nitrogens is 2. The predicted molar refractivity (Wildman–Crippen MR) is 82.7 cm³/mol. The van der Waals surface area contributed by atoms with Crippen molar-refractivity contribution in [2.75, 3.05) is 6.54 Å². The highest BCUT2D eigenvalue weighted by Crippen LogP contribution is 2.29. The molecule has 2 aromatic heterocycles. The lowest BCUT2D eigenvalue weighted by Crippen LogP contribution is -2.20. The van der Waals surface area contributed by atoms with Crippen molar-refractivity contribution in [2.45, 2.75) is 6.92 Å². The van der Waals surface area contributed by atoms with E-state index in [-0.39, 0.29) is 18.1 Å². The second-order valence-electron chi connectivity index (χ2n) is 4.55. The highest BCUT2D eigenvalue weighted by Gasteiger charge is 2.29. The molecule has 2 aromatic rings. The van der Waals surface area contributed by atoms with Crippen molar-refractivity contribution in [1.82, 2.24) is 15.0 Å². The monoisotopic (exact) mass is 299 g/mol. The van der Waals surface area contributed by atoms with E-state index >= 15 is 0 Å². The molecule has 0 fully saturated rings. The van der Waals surface area contributed by atoms with E-state index in [1.54, 1.807) is 18.6 Å². The highest BCUT2D eigenvalue weighted by molar-refractivity contribution is 7.11. The third-order valence-corrected chi connectivity index (χ3v) is 3.92. The molecule has 3 heterocycles. The van der Waals surface area contributed by atoms with E-state index in [9.17, 15) is 5.11 Å². The molecule has 1 aliphatic rings. The summed E-state index contributed by atoms with van der Waals surface area (Å²) in [6, 6.07) is 3.69. The second kappa shape index (κ2) is 5.45. The number of nitrogens with zero attached hydrogens (tertiary/aromatic N) is 4. The Kier molecular flexibility index (Phi) is 3.49. The Morgan fingerprint density at radius 2 is 2.38 bits per heavy atom. The Bertz CT molecular complexity index is 735. The van der Waals surface area contributed by atoms with Gasteiger partial charge >= 0.3 is 0 Å². The Hall–Kier alpha value is -2.54. The zero-order chi connectivity index (χ0) is 14.8. The SMILES string of the molecule is Cc1csc(C2=C(O)CN(/N=C/c3cccnc3)C2=N)n1.